The van der Waals surface area contributed by atoms with E-state index >= 15 is 0 Å². The molecule has 0 aliphatic carbocycles. The molecule has 1 nitrogen and oxygen atoms in total. The van der Waals surface area contributed by atoms with Crippen LogP contribution in [0.2, 0.25) is 5.02 Å². The van der Waals surface area contributed by atoms with Crippen molar-refractivity contribution in [1.29, 1.82) is 0 Å². The molecule has 3 heteroatoms. The third-order valence-corrected chi connectivity index (χ3v) is 5.45. The largest absolute Gasteiger partial charge is 0.381 e. The first-order chi connectivity index (χ1) is 9.27. The minimum absolute atomic E-state index is 0.374. The predicted octanol–water partition coefficient (Wildman–Crippen LogP) is 5.36. The Morgan fingerprint density at radius 2 is 1.74 bits per heavy atom. The van der Waals surface area contributed by atoms with Gasteiger partial charge in [0.2, 0.25) is 0 Å². The van der Waals surface area contributed by atoms with Gasteiger partial charge >= 0.3 is 0 Å². The van der Waals surface area contributed by atoms with Crippen LogP contribution in [0.4, 0.5) is 0 Å². The maximum absolute atomic E-state index is 6.28. The predicted molar refractivity (Wildman–Crippen MR) is 84.2 cm³/mol. The number of halogens is 2. The summed E-state index contributed by atoms with van der Waals surface area (Å²) in [5.41, 5.74) is 1.34. The fourth-order valence-corrected chi connectivity index (χ4v) is 3.94. The molecule has 0 aromatic heterocycles. The zero-order chi connectivity index (χ0) is 13.2. The number of hydrogen-bond acceptors (Lipinski definition) is 1. The van der Waals surface area contributed by atoms with E-state index in [-0.39, 0.29) is 0 Å². The summed E-state index contributed by atoms with van der Waals surface area (Å²) in [6.07, 6.45) is 2.24. The Hall–Kier alpha value is -0.570. The fraction of sp³-hybridized carbons (Fsp3) is 0.375. The van der Waals surface area contributed by atoms with Crippen LogP contribution in [-0.2, 0) is 4.74 Å². The number of alkyl halides is 1. The van der Waals surface area contributed by atoms with E-state index in [0.717, 1.165) is 36.5 Å². The van der Waals surface area contributed by atoms with Gasteiger partial charge in [-0.05, 0) is 35.8 Å². The van der Waals surface area contributed by atoms with Crippen molar-refractivity contribution in [3.8, 4) is 0 Å². The van der Waals surface area contributed by atoms with Crippen molar-refractivity contribution in [2.24, 2.45) is 5.92 Å². The average Bonchev–Trinajstić information content (AvgIpc) is 2.48. The Morgan fingerprint density at radius 1 is 1.05 bits per heavy atom. The van der Waals surface area contributed by atoms with Crippen molar-refractivity contribution in [2.75, 3.05) is 13.2 Å². The normalized spacial score (nSPS) is 18.6. The third-order valence-electron chi connectivity index (χ3n) is 3.88. The molecule has 1 heterocycles. The van der Waals surface area contributed by atoms with Gasteiger partial charge in [-0.1, -0.05) is 57.9 Å². The number of rotatable bonds is 2. The average molecular weight is 340 g/mol. The lowest BCUT2D eigenvalue weighted by molar-refractivity contribution is 0.0663. The van der Waals surface area contributed by atoms with E-state index in [4.69, 9.17) is 16.3 Å². The van der Waals surface area contributed by atoms with E-state index in [0.29, 0.717) is 10.7 Å². The Bertz CT molecular complexity index is 578. The zero-order valence-corrected chi connectivity index (χ0v) is 13.0. The van der Waals surface area contributed by atoms with Crippen LogP contribution in [0, 0.1) is 5.92 Å². The summed E-state index contributed by atoms with van der Waals surface area (Å²) in [5, 5.41) is 3.22. The standard InChI is InChI=1S/C16H16BrClO/c17-16(11-7-9-19-10-8-11)14-5-6-15(18)13-4-2-1-3-12(13)14/h1-6,11,16H,7-10H2. The fourth-order valence-electron chi connectivity index (χ4n) is 2.79. The molecule has 1 fully saturated rings. The first kappa shape index (κ1) is 13.4. The van der Waals surface area contributed by atoms with Crippen LogP contribution < -0.4 is 0 Å². The highest BCUT2D eigenvalue weighted by atomic mass is 79.9. The second kappa shape index (κ2) is 5.82. The van der Waals surface area contributed by atoms with Gasteiger partial charge in [0, 0.05) is 28.4 Å². The first-order valence-corrected chi connectivity index (χ1v) is 7.95. The van der Waals surface area contributed by atoms with Crippen molar-refractivity contribution in [3.63, 3.8) is 0 Å². The first-order valence-electron chi connectivity index (χ1n) is 6.66. The number of fused-ring (bicyclic) bond motifs is 1. The van der Waals surface area contributed by atoms with Crippen LogP contribution in [0.5, 0.6) is 0 Å². The maximum Gasteiger partial charge on any atom is 0.0484 e. The molecule has 0 bridgehead atoms. The molecule has 0 radical (unpaired) electrons. The molecule has 19 heavy (non-hydrogen) atoms. The zero-order valence-electron chi connectivity index (χ0n) is 10.6. The molecule has 0 N–H and O–H groups in total. The molecule has 2 aromatic rings. The lowest BCUT2D eigenvalue weighted by Gasteiger charge is -2.27. The number of ether oxygens (including phenoxy) is 1. The van der Waals surface area contributed by atoms with Gasteiger partial charge in [-0.2, -0.15) is 0 Å². The maximum atomic E-state index is 6.28. The summed E-state index contributed by atoms with van der Waals surface area (Å²) in [6, 6.07) is 12.5. The van der Waals surface area contributed by atoms with Crippen molar-refractivity contribution >= 4 is 38.3 Å². The summed E-state index contributed by atoms with van der Waals surface area (Å²) in [4.78, 5) is 0.374. The lowest BCUT2D eigenvalue weighted by Crippen LogP contribution is -2.19. The highest BCUT2D eigenvalue weighted by Crippen LogP contribution is 2.41. The molecule has 1 unspecified atom stereocenters. The Kier molecular flexibility index (Phi) is 4.11. The van der Waals surface area contributed by atoms with Gasteiger partial charge in [0.1, 0.15) is 0 Å². The Labute approximate surface area is 127 Å². The van der Waals surface area contributed by atoms with Crippen molar-refractivity contribution in [3.05, 3.63) is 47.0 Å². The Morgan fingerprint density at radius 3 is 2.47 bits per heavy atom. The van der Waals surface area contributed by atoms with Gasteiger partial charge in [-0.25, -0.2) is 0 Å². The topological polar surface area (TPSA) is 9.23 Å². The van der Waals surface area contributed by atoms with Gasteiger partial charge < -0.3 is 4.74 Å². The second-order valence-electron chi connectivity index (χ2n) is 5.03. The van der Waals surface area contributed by atoms with Gasteiger partial charge in [0.25, 0.3) is 0 Å². The van der Waals surface area contributed by atoms with E-state index < -0.39 is 0 Å². The van der Waals surface area contributed by atoms with Crippen LogP contribution in [0.1, 0.15) is 23.2 Å². The molecule has 0 spiro atoms. The van der Waals surface area contributed by atoms with E-state index in [2.05, 4.69) is 40.2 Å². The molecule has 100 valence electrons. The molecular weight excluding hydrogens is 324 g/mol. The van der Waals surface area contributed by atoms with Crippen molar-refractivity contribution in [1.82, 2.24) is 0 Å². The highest BCUT2D eigenvalue weighted by Gasteiger charge is 2.24. The highest BCUT2D eigenvalue weighted by molar-refractivity contribution is 9.09. The van der Waals surface area contributed by atoms with Crippen molar-refractivity contribution < 1.29 is 4.74 Å². The van der Waals surface area contributed by atoms with Gasteiger partial charge in [-0.3, -0.25) is 0 Å². The van der Waals surface area contributed by atoms with Crippen LogP contribution in [0.15, 0.2) is 36.4 Å². The summed E-state index contributed by atoms with van der Waals surface area (Å²) < 4.78 is 5.45. The van der Waals surface area contributed by atoms with Gasteiger partial charge in [0.15, 0.2) is 0 Å². The van der Waals surface area contributed by atoms with Crippen LogP contribution in [0.3, 0.4) is 0 Å². The summed E-state index contributed by atoms with van der Waals surface area (Å²) in [6.45, 7) is 1.75. The smallest absolute Gasteiger partial charge is 0.0484 e. The quantitative estimate of drug-likeness (QED) is 0.670. The summed E-state index contributed by atoms with van der Waals surface area (Å²) in [7, 11) is 0. The molecule has 3 rings (SSSR count). The van der Waals surface area contributed by atoms with E-state index in [1.54, 1.807) is 0 Å². The van der Waals surface area contributed by atoms with Crippen molar-refractivity contribution in [2.45, 2.75) is 17.7 Å². The lowest BCUT2D eigenvalue weighted by atomic mass is 9.90. The molecular formula is C16H16BrClO. The molecule has 0 saturated carbocycles. The van der Waals surface area contributed by atoms with E-state index in [9.17, 15) is 0 Å². The molecule has 1 atom stereocenters. The van der Waals surface area contributed by atoms with Crippen LogP contribution >= 0.6 is 27.5 Å². The molecule has 1 aliphatic rings. The monoisotopic (exact) mass is 338 g/mol. The van der Waals surface area contributed by atoms with E-state index in [1.807, 2.05) is 12.1 Å². The number of hydrogen-bond donors (Lipinski definition) is 0. The Balaban J connectivity index is 2.02. The third kappa shape index (κ3) is 2.67. The SMILES string of the molecule is Clc1ccc(C(Br)C2CCOCC2)c2ccccc12. The minimum Gasteiger partial charge on any atom is -0.381 e. The molecule has 0 amide bonds. The summed E-state index contributed by atoms with van der Waals surface area (Å²) >= 11 is 10.2. The molecule has 1 aliphatic heterocycles. The second-order valence-corrected chi connectivity index (χ2v) is 6.43. The number of benzene rings is 2. The van der Waals surface area contributed by atoms with Crippen LogP contribution in [-0.4, -0.2) is 13.2 Å². The molecule has 2 aromatic carbocycles. The molecule has 1 saturated heterocycles. The minimum atomic E-state index is 0.374. The van der Waals surface area contributed by atoms with E-state index in [1.165, 1.54) is 10.9 Å². The summed E-state index contributed by atoms with van der Waals surface area (Å²) in [5.74, 6) is 0.637. The van der Waals surface area contributed by atoms with Crippen LogP contribution in [0.25, 0.3) is 10.8 Å². The van der Waals surface area contributed by atoms with Gasteiger partial charge in [-0.15, -0.1) is 0 Å². The van der Waals surface area contributed by atoms with Gasteiger partial charge in [0.05, 0.1) is 0 Å².